The maximum Gasteiger partial charge on any atom is -0.0209 e. The number of fused-ring (bicyclic) bond motifs is 1. The van der Waals surface area contributed by atoms with Gasteiger partial charge in [0, 0.05) is 0 Å². The van der Waals surface area contributed by atoms with E-state index in [1.807, 2.05) is 0 Å². The lowest BCUT2D eigenvalue weighted by Crippen LogP contribution is -1.97. The molecule has 0 radical (unpaired) electrons. The summed E-state index contributed by atoms with van der Waals surface area (Å²) < 4.78 is 0. The van der Waals surface area contributed by atoms with Crippen LogP contribution in [0.3, 0.4) is 0 Å². The molecular weight excluding hydrogens is 139 g/mol. The fourth-order valence-electron chi connectivity index (χ4n) is 2.39. The highest BCUT2D eigenvalue weighted by Crippen LogP contribution is 2.53. The van der Waals surface area contributed by atoms with Gasteiger partial charge < -0.3 is 0 Å². The third kappa shape index (κ3) is 1.37. The Morgan fingerprint density at radius 3 is 2.60 bits per heavy atom. The van der Waals surface area contributed by atoms with Crippen LogP contribution in [-0.2, 0) is 0 Å². The average Bonchev–Trinajstić information content (AvgIpc) is 2.28. The molecule has 0 spiro atoms. The summed E-state index contributed by atoms with van der Waals surface area (Å²) in [6.07, 6.45) is 12.6. The molecule has 0 nitrogen and oxygen atoms in total. The van der Waals surface area contributed by atoms with Crippen molar-refractivity contribution in [1.29, 1.82) is 0 Å². The molecule has 1 heteroatoms. The quantitative estimate of drug-likeness (QED) is 0.472. The standard InChI is InChI=1S/C9H17P/c1-2-5-9-6-4-8-10(9)7-3-1/h9H,1-8H2. The summed E-state index contributed by atoms with van der Waals surface area (Å²) in [6.45, 7) is 0. The molecule has 2 aliphatic heterocycles. The van der Waals surface area contributed by atoms with Gasteiger partial charge in [-0.2, -0.15) is 0 Å². The molecule has 0 aromatic rings. The van der Waals surface area contributed by atoms with Crippen molar-refractivity contribution in [3.05, 3.63) is 0 Å². The Morgan fingerprint density at radius 1 is 0.800 bits per heavy atom. The molecule has 0 saturated carbocycles. The van der Waals surface area contributed by atoms with Gasteiger partial charge in [-0.05, 0) is 43.7 Å². The zero-order chi connectivity index (χ0) is 6.81. The van der Waals surface area contributed by atoms with Crippen LogP contribution >= 0.6 is 7.92 Å². The highest BCUT2D eigenvalue weighted by atomic mass is 31.1. The Hall–Kier alpha value is 0.430. The molecule has 2 aliphatic rings. The largest absolute Gasteiger partial charge is 0.104 e. The molecule has 0 aromatic carbocycles. The Kier molecular flexibility index (Phi) is 2.28. The molecule has 58 valence electrons. The van der Waals surface area contributed by atoms with Gasteiger partial charge in [-0.15, -0.1) is 7.92 Å². The minimum absolute atomic E-state index is 0.554. The highest BCUT2D eigenvalue weighted by molar-refractivity contribution is 7.58. The molecule has 2 atom stereocenters. The summed E-state index contributed by atoms with van der Waals surface area (Å²) in [5, 5.41) is 0. The molecule has 0 N–H and O–H groups in total. The predicted molar refractivity (Wildman–Crippen MR) is 48.1 cm³/mol. The van der Waals surface area contributed by atoms with E-state index in [1.54, 1.807) is 44.4 Å². The van der Waals surface area contributed by atoms with Crippen LogP contribution < -0.4 is 0 Å². The van der Waals surface area contributed by atoms with E-state index in [1.165, 1.54) is 12.1 Å². The maximum absolute atomic E-state index is 1.62. The molecule has 2 saturated heterocycles. The van der Waals surface area contributed by atoms with Crippen molar-refractivity contribution in [3.8, 4) is 0 Å². The second kappa shape index (κ2) is 3.22. The predicted octanol–water partition coefficient (Wildman–Crippen LogP) is 3.20. The van der Waals surface area contributed by atoms with Crippen LogP contribution in [0.2, 0.25) is 0 Å². The molecule has 10 heavy (non-hydrogen) atoms. The van der Waals surface area contributed by atoms with E-state index in [-0.39, 0.29) is 0 Å². The van der Waals surface area contributed by atoms with E-state index < -0.39 is 0 Å². The Balaban J connectivity index is 1.95. The van der Waals surface area contributed by atoms with Gasteiger partial charge in [0.05, 0.1) is 0 Å². The van der Waals surface area contributed by atoms with Crippen LogP contribution in [0.25, 0.3) is 0 Å². The van der Waals surface area contributed by atoms with Crippen molar-refractivity contribution < 1.29 is 0 Å². The highest BCUT2D eigenvalue weighted by Gasteiger charge is 2.26. The van der Waals surface area contributed by atoms with Crippen LogP contribution in [0.15, 0.2) is 0 Å². The molecule has 0 aliphatic carbocycles. The fourth-order valence-corrected chi connectivity index (χ4v) is 5.66. The van der Waals surface area contributed by atoms with E-state index >= 15 is 0 Å². The van der Waals surface area contributed by atoms with Gasteiger partial charge in [0.25, 0.3) is 0 Å². The van der Waals surface area contributed by atoms with E-state index in [2.05, 4.69) is 0 Å². The van der Waals surface area contributed by atoms with Crippen molar-refractivity contribution in [1.82, 2.24) is 0 Å². The topological polar surface area (TPSA) is 0 Å². The summed E-state index contributed by atoms with van der Waals surface area (Å²) >= 11 is 0. The summed E-state index contributed by atoms with van der Waals surface area (Å²) in [5.74, 6) is 0. The van der Waals surface area contributed by atoms with Crippen LogP contribution in [0, 0.1) is 0 Å². The molecule has 2 unspecified atom stereocenters. The molecular formula is C9H17P. The lowest BCUT2D eigenvalue weighted by Gasteiger charge is -2.15. The lowest BCUT2D eigenvalue weighted by atomic mass is 10.1. The van der Waals surface area contributed by atoms with Gasteiger partial charge in [0.15, 0.2) is 0 Å². The number of rotatable bonds is 0. The first-order valence-electron chi connectivity index (χ1n) is 4.71. The molecule has 2 rings (SSSR count). The summed E-state index contributed by atoms with van der Waals surface area (Å²) in [4.78, 5) is 0. The van der Waals surface area contributed by atoms with Gasteiger partial charge >= 0.3 is 0 Å². The van der Waals surface area contributed by atoms with Crippen molar-refractivity contribution >= 4 is 7.92 Å². The van der Waals surface area contributed by atoms with E-state index in [4.69, 9.17) is 0 Å². The van der Waals surface area contributed by atoms with Crippen molar-refractivity contribution in [2.75, 3.05) is 12.3 Å². The van der Waals surface area contributed by atoms with Crippen LogP contribution in [0.1, 0.15) is 38.5 Å². The normalized spacial score (nSPS) is 40.8. The van der Waals surface area contributed by atoms with Gasteiger partial charge in [0.1, 0.15) is 0 Å². The van der Waals surface area contributed by atoms with Gasteiger partial charge in [-0.1, -0.05) is 12.8 Å². The second-order valence-corrected chi connectivity index (χ2v) is 6.48. The first-order chi connectivity index (χ1) is 4.97. The van der Waals surface area contributed by atoms with E-state index in [9.17, 15) is 0 Å². The SMILES string of the molecule is C1CCC2CCCP2CC1. The summed E-state index contributed by atoms with van der Waals surface area (Å²) in [7, 11) is 0.554. The number of hydrogen-bond acceptors (Lipinski definition) is 0. The molecule has 0 amide bonds. The second-order valence-electron chi connectivity index (χ2n) is 3.68. The molecule has 2 fully saturated rings. The van der Waals surface area contributed by atoms with Crippen LogP contribution in [0.4, 0.5) is 0 Å². The molecule has 0 aromatic heterocycles. The fraction of sp³-hybridized carbons (Fsp3) is 1.00. The smallest absolute Gasteiger partial charge is 0.0209 e. The Morgan fingerprint density at radius 2 is 1.60 bits per heavy atom. The van der Waals surface area contributed by atoms with Gasteiger partial charge in [0.2, 0.25) is 0 Å². The van der Waals surface area contributed by atoms with Crippen molar-refractivity contribution in [2.24, 2.45) is 0 Å². The zero-order valence-electron chi connectivity index (χ0n) is 6.68. The van der Waals surface area contributed by atoms with Crippen LogP contribution in [-0.4, -0.2) is 18.0 Å². The minimum atomic E-state index is 0.554. The zero-order valence-corrected chi connectivity index (χ0v) is 7.58. The molecule has 2 heterocycles. The monoisotopic (exact) mass is 156 g/mol. The third-order valence-corrected chi connectivity index (χ3v) is 6.31. The average molecular weight is 156 g/mol. The summed E-state index contributed by atoms with van der Waals surface area (Å²) in [6, 6.07) is 0. The van der Waals surface area contributed by atoms with Gasteiger partial charge in [-0.3, -0.25) is 0 Å². The maximum atomic E-state index is 1.62. The third-order valence-electron chi connectivity index (χ3n) is 2.98. The van der Waals surface area contributed by atoms with Crippen LogP contribution in [0.5, 0.6) is 0 Å². The first kappa shape index (κ1) is 7.10. The van der Waals surface area contributed by atoms with Gasteiger partial charge in [-0.25, -0.2) is 0 Å². The summed E-state index contributed by atoms with van der Waals surface area (Å²) in [5.41, 5.74) is 1.22. The van der Waals surface area contributed by atoms with E-state index in [0.717, 1.165) is 0 Å². The van der Waals surface area contributed by atoms with E-state index in [0.29, 0.717) is 7.92 Å². The molecule has 0 bridgehead atoms. The Labute approximate surface area is 65.1 Å². The number of hydrogen-bond donors (Lipinski definition) is 0. The Bertz CT molecular complexity index is 99.3. The van der Waals surface area contributed by atoms with Crippen molar-refractivity contribution in [2.45, 2.75) is 44.2 Å². The lowest BCUT2D eigenvalue weighted by molar-refractivity contribution is 0.643. The first-order valence-corrected chi connectivity index (χ1v) is 6.49. The van der Waals surface area contributed by atoms with Crippen molar-refractivity contribution in [3.63, 3.8) is 0 Å². The minimum Gasteiger partial charge on any atom is -0.104 e.